The van der Waals surface area contributed by atoms with Crippen LogP contribution < -0.4 is 10.6 Å². The van der Waals surface area contributed by atoms with Crippen molar-refractivity contribution in [1.29, 1.82) is 0 Å². The van der Waals surface area contributed by atoms with Gasteiger partial charge in [0.25, 0.3) is 0 Å². The van der Waals surface area contributed by atoms with E-state index in [1.807, 2.05) is 13.0 Å². The second-order valence-electron chi connectivity index (χ2n) is 7.44. The first-order valence-corrected chi connectivity index (χ1v) is 9.86. The lowest BCUT2D eigenvalue weighted by atomic mass is 9.86. The Balaban J connectivity index is 1.98. The molecule has 0 bridgehead atoms. The van der Waals surface area contributed by atoms with Crippen LogP contribution in [0.1, 0.15) is 45.1 Å². The molecule has 150 valence electrons. The van der Waals surface area contributed by atoms with Crippen LogP contribution in [0, 0.1) is 0 Å². The van der Waals surface area contributed by atoms with Crippen molar-refractivity contribution in [3.63, 3.8) is 0 Å². The molecule has 27 heavy (non-hydrogen) atoms. The van der Waals surface area contributed by atoms with Crippen LogP contribution >= 0.6 is 0 Å². The van der Waals surface area contributed by atoms with Crippen LogP contribution in [-0.4, -0.2) is 55.1 Å². The second kappa shape index (κ2) is 10.4. The molecule has 2 N–H and O–H groups in total. The summed E-state index contributed by atoms with van der Waals surface area (Å²) in [5.74, 6) is -0.0867. The summed E-state index contributed by atoms with van der Waals surface area (Å²) < 4.78 is 5.15. The number of carbonyl (C=O) groups excluding carboxylic acids is 2. The third-order valence-electron chi connectivity index (χ3n) is 5.27. The van der Waals surface area contributed by atoms with E-state index in [0.717, 1.165) is 38.9 Å². The standard InChI is InChI=1S/C21H33N3O3/c1-4-8-19(25)22-16-21(23-20(26)17(2)27-3)11-13-24(14-12-21)15-18-9-6-5-7-10-18/h5-7,9-10,17H,4,8,11-16H2,1-3H3,(H,22,25)(H,23,26). The van der Waals surface area contributed by atoms with Crippen molar-refractivity contribution in [2.75, 3.05) is 26.7 Å². The molecule has 0 radical (unpaired) electrons. The Morgan fingerprint density at radius 1 is 1.22 bits per heavy atom. The number of amides is 2. The van der Waals surface area contributed by atoms with Crippen LogP contribution in [0.4, 0.5) is 0 Å². The third-order valence-corrected chi connectivity index (χ3v) is 5.27. The van der Waals surface area contributed by atoms with Gasteiger partial charge in [-0.1, -0.05) is 37.3 Å². The van der Waals surface area contributed by atoms with Crippen molar-refractivity contribution in [1.82, 2.24) is 15.5 Å². The second-order valence-corrected chi connectivity index (χ2v) is 7.44. The number of hydrogen-bond donors (Lipinski definition) is 2. The Morgan fingerprint density at radius 3 is 2.48 bits per heavy atom. The fourth-order valence-corrected chi connectivity index (χ4v) is 3.38. The molecule has 1 aliphatic rings. The van der Waals surface area contributed by atoms with E-state index < -0.39 is 11.6 Å². The number of likely N-dealkylation sites (tertiary alicyclic amines) is 1. The molecule has 6 nitrogen and oxygen atoms in total. The fourth-order valence-electron chi connectivity index (χ4n) is 3.38. The van der Waals surface area contributed by atoms with Crippen LogP contribution in [0.15, 0.2) is 30.3 Å². The quantitative estimate of drug-likeness (QED) is 0.693. The minimum absolute atomic E-state index is 0.0395. The van der Waals surface area contributed by atoms with E-state index in [1.165, 1.54) is 12.7 Å². The molecule has 1 saturated heterocycles. The van der Waals surface area contributed by atoms with Crippen molar-refractivity contribution in [3.05, 3.63) is 35.9 Å². The van der Waals surface area contributed by atoms with Crippen molar-refractivity contribution >= 4 is 11.8 Å². The van der Waals surface area contributed by atoms with E-state index in [1.54, 1.807) is 6.92 Å². The zero-order valence-corrected chi connectivity index (χ0v) is 16.8. The lowest BCUT2D eigenvalue weighted by Crippen LogP contribution is -2.61. The number of nitrogens with zero attached hydrogens (tertiary/aromatic N) is 1. The first-order chi connectivity index (χ1) is 13.0. The van der Waals surface area contributed by atoms with Gasteiger partial charge in [-0.25, -0.2) is 0 Å². The summed E-state index contributed by atoms with van der Waals surface area (Å²) in [7, 11) is 1.53. The first-order valence-electron chi connectivity index (χ1n) is 9.86. The predicted molar refractivity (Wildman–Crippen MR) is 106 cm³/mol. The zero-order chi connectivity index (χ0) is 19.7. The van der Waals surface area contributed by atoms with E-state index >= 15 is 0 Å². The van der Waals surface area contributed by atoms with Crippen LogP contribution in [0.2, 0.25) is 0 Å². The smallest absolute Gasteiger partial charge is 0.249 e. The van der Waals surface area contributed by atoms with E-state index in [2.05, 4.69) is 39.8 Å². The Labute approximate surface area is 162 Å². The molecule has 1 atom stereocenters. The summed E-state index contributed by atoms with van der Waals surface area (Å²) in [4.78, 5) is 26.8. The normalized spacial score (nSPS) is 17.9. The number of hydrogen-bond acceptors (Lipinski definition) is 4. The highest BCUT2D eigenvalue weighted by molar-refractivity contribution is 5.81. The van der Waals surface area contributed by atoms with Gasteiger partial charge in [0, 0.05) is 39.7 Å². The van der Waals surface area contributed by atoms with E-state index in [-0.39, 0.29) is 11.8 Å². The molecule has 1 aromatic rings. The number of rotatable bonds is 9. The Bertz CT molecular complexity index is 598. The highest BCUT2D eigenvalue weighted by atomic mass is 16.5. The number of piperidine rings is 1. The third kappa shape index (κ3) is 6.63. The molecule has 0 saturated carbocycles. The van der Waals surface area contributed by atoms with Crippen molar-refractivity contribution in [3.8, 4) is 0 Å². The minimum Gasteiger partial charge on any atom is -0.372 e. The maximum atomic E-state index is 12.4. The fraction of sp³-hybridized carbons (Fsp3) is 0.619. The Kier molecular flexibility index (Phi) is 8.25. The minimum atomic E-state index is -0.504. The van der Waals surface area contributed by atoms with Crippen molar-refractivity contribution < 1.29 is 14.3 Å². The molecule has 0 aliphatic carbocycles. The maximum absolute atomic E-state index is 12.4. The number of benzene rings is 1. The van der Waals surface area contributed by atoms with Gasteiger partial charge in [0.05, 0.1) is 5.54 Å². The average Bonchev–Trinajstić information content (AvgIpc) is 2.68. The molecule has 1 unspecified atom stereocenters. The van der Waals surface area contributed by atoms with Crippen LogP contribution in [0.3, 0.4) is 0 Å². The highest BCUT2D eigenvalue weighted by Crippen LogP contribution is 2.24. The van der Waals surface area contributed by atoms with Gasteiger partial charge in [-0.3, -0.25) is 14.5 Å². The van der Waals surface area contributed by atoms with Gasteiger partial charge in [-0.15, -0.1) is 0 Å². The highest BCUT2D eigenvalue weighted by Gasteiger charge is 2.37. The van der Waals surface area contributed by atoms with E-state index in [9.17, 15) is 9.59 Å². The van der Waals surface area contributed by atoms with Crippen molar-refractivity contribution in [2.24, 2.45) is 0 Å². The largest absolute Gasteiger partial charge is 0.372 e. The SMILES string of the molecule is CCCC(=O)NCC1(NC(=O)C(C)OC)CCN(Cc2ccccc2)CC1. The summed E-state index contributed by atoms with van der Waals surface area (Å²) in [5.41, 5.74) is 0.874. The van der Waals surface area contributed by atoms with Gasteiger partial charge in [0.1, 0.15) is 6.10 Å². The van der Waals surface area contributed by atoms with E-state index in [4.69, 9.17) is 4.74 Å². The Hall–Kier alpha value is -1.92. The van der Waals surface area contributed by atoms with Crippen LogP contribution in [-0.2, 0) is 20.9 Å². The summed E-state index contributed by atoms with van der Waals surface area (Å²) in [6.07, 6.45) is 2.42. The molecular formula is C21H33N3O3. The average molecular weight is 376 g/mol. The molecule has 6 heteroatoms. The molecule has 1 aromatic carbocycles. The van der Waals surface area contributed by atoms with Gasteiger partial charge < -0.3 is 15.4 Å². The number of methoxy groups -OCH3 is 1. The van der Waals surface area contributed by atoms with Gasteiger partial charge in [0.2, 0.25) is 11.8 Å². The topological polar surface area (TPSA) is 70.7 Å². The lowest BCUT2D eigenvalue weighted by Gasteiger charge is -2.43. The molecule has 0 aromatic heterocycles. The first kappa shape index (κ1) is 21.4. The maximum Gasteiger partial charge on any atom is 0.249 e. The predicted octanol–water partition coefficient (Wildman–Crippen LogP) is 2.09. The molecule has 2 amide bonds. The van der Waals surface area contributed by atoms with Crippen LogP contribution in [0.25, 0.3) is 0 Å². The Morgan fingerprint density at radius 2 is 1.89 bits per heavy atom. The number of carbonyl (C=O) groups is 2. The molecular weight excluding hydrogens is 342 g/mol. The summed E-state index contributed by atoms with van der Waals surface area (Å²) >= 11 is 0. The molecule has 1 fully saturated rings. The molecule has 2 rings (SSSR count). The number of ether oxygens (including phenoxy) is 1. The van der Waals surface area contributed by atoms with Crippen molar-refractivity contribution in [2.45, 2.75) is 57.7 Å². The van der Waals surface area contributed by atoms with E-state index in [0.29, 0.717) is 13.0 Å². The van der Waals surface area contributed by atoms with Crippen LogP contribution in [0.5, 0.6) is 0 Å². The van der Waals surface area contributed by atoms with Gasteiger partial charge in [-0.2, -0.15) is 0 Å². The summed E-state index contributed by atoms with van der Waals surface area (Å²) in [6.45, 7) is 6.85. The molecule has 1 aliphatic heterocycles. The molecule has 1 heterocycles. The summed E-state index contributed by atoms with van der Waals surface area (Å²) in [6, 6.07) is 10.4. The van der Waals surface area contributed by atoms with Gasteiger partial charge >= 0.3 is 0 Å². The van der Waals surface area contributed by atoms with Gasteiger partial charge in [0.15, 0.2) is 0 Å². The van der Waals surface area contributed by atoms with Gasteiger partial charge in [-0.05, 0) is 31.7 Å². The number of nitrogens with one attached hydrogen (secondary N) is 2. The summed E-state index contributed by atoms with van der Waals surface area (Å²) in [5, 5.41) is 6.17. The lowest BCUT2D eigenvalue weighted by molar-refractivity contribution is -0.133. The molecule has 0 spiro atoms. The zero-order valence-electron chi connectivity index (χ0n) is 16.8. The monoisotopic (exact) mass is 375 g/mol.